The van der Waals surface area contributed by atoms with Gasteiger partial charge in [-0.2, -0.15) is 0 Å². The lowest BCUT2D eigenvalue weighted by Crippen LogP contribution is -2.50. The van der Waals surface area contributed by atoms with Crippen LogP contribution in [0.4, 0.5) is 15.8 Å². The number of hydrogen-bond acceptors (Lipinski definition) is 5. The third kappa shape index (κ3) is 5.66. The van der Waals surface area contributed by atoms with E-state index < -0.39 is 29.6 Å². The fourth-order valence-electron chi connectivity index (χ4n) is 3.74. The lowest BCUT2D eigenvalue weighted by molar-refractivity contribution is -0.128. The quantitative estimate of drug-likeness (QED) is 0.455. The number of carbonyl (C=O) groups is 3. The van der Waals surface area contributed by atoms with E-state index in [9.17, 15) is 18.8 Å². The lowest BCUT2D eigenvalue weighted by Gasteiger charge is -2.24. The van der Waals surface area contributed by atoms with Crippen molar-refractivity contribution in [1.29, 1.82) is 0 Å². The molecule has 1 aliphatic rings. The topological polar surface area (TPSA) is 91.0 Å². The average molecular weight is 507 g/mol. The number of ether oxygens (including phenoxy) is 1. The van der Waals surface area contributed by atoms with Crippen molar-refractivity contribution in [3.8, 4) is 5.75 Å². The highest BCUT2D eigenvalue weighted by Gasteiger charge is 2.45. The van der Waals surface area contributed by atoms with Gasteiger partial charge in [0.05, 0.1) is 25.6 Å². The highest BCUT2D eigenvalue weighted by atomic mass is 32.1. The predicted octanol–water partition coefficient (Wildman–Crippen LogP) is 3.44. The second kappa shape index (κ2) is 11.0. The van der Waals surface area contributed by atoms with Gasteiger partial charge in [0.15, 0.2) is 0 Å². The van der Waals surface area contributed by atoms with Crippen LogP contribution >= 0.6 is 12.2 Å². The van der Waals surface area contributed by atoms with E-state index in [1.807, 2.05) is 0 Å². The average Bonchev–Trinajstić information content (AvgIpc) is 3.10. The van der Waals surface area contributed by atoms with Crippen molar-refractivity contribution in [2.24, 2.45) is 0 Å². The third-order valence-electron chi connectivity index (χ3n) is 5.50. The first-order valence-corrected chi connectivity index (χ1v) is 11.5. The number of halogens is 1. The van der Waals surface area contributed by atoms with Crippen LogP contribution < -0.4 is 20.4 Å². The van der Waals surface area contributed by atoms with Gasteiger partial charge in [0.1, 0.15) is 17.6 Å². The monoisotopic (exact) mass is 506 g/mol. The summed E-state index contributed by atoms with van der Waals surface area (Å²) in [6, 6.07) is 19.9. The van der Waals surface area contributed by atoms with Gasteiger partial charge in [-0.15, -0.1) is 0 Å². The van der Waals surface area contributed by atoms with E-state index in [2.05, 4.69) is 10.7 Å². The maximum absolute atomic E-state index is 13.4. The molecular formula is C26H23FN4O4S. The van der Waals surface area contributed by atoms with Crippen LogP contribution in [0.25, 0.3) is 0 Å². The summed E-state index contributed by atoms with van der Waals surface area (Å²) in [5.41, 5.74) is 4.32. The molecule has 1 saturated heterocycles. The summed E-state index contributed by atoms with van der Waals surface area (Å²) in [5, 5.41) is 3.94. The van der Waals surface area contributed by atoms with Crippen molar-refractivity contribution in [3.05, 3.63) is 90.2 Å². The van der Waals surface area contributed by atoms with Crippen molar-refractivity contribution in [2.75, 3.05) is 17.3 Å². The Kier molecular flexibility index (Phi) is 7.55. The van der Waals surface area contributed by atoms with Gasteiger partial charge in [-0.1, -0.05) is 30.3 Å². The summed E-state index contributed by atoms with van der Waals surface area (Å²) >= 11 is 5.54. The SMILES string of the molecule is COc1ccc(CC(=O)NN2C(=S)N(c3ccccc3)C(=O)[C@@H]2CC(=O)Nc2ccc(F)cc2)cc1. The van der Waals surface area contributed by atoms with Crippen LogP contribution in [0, 0.1) is 5.82 Å². The molecule has 0 radical (unpaired) electrons. The van der Waals surface area contributed by atoms with Crippen molar-refractivity contribution >= 4 is 46.4 Å². The van der Waals surface area contributed by atoms with Crippen molar-refractivity contribution in [2.45, 2.75) is 18.9 Å². The van der Waals surface area contributed by atoms with E-state index in [1.54, 1.807) is 61.7 Å². The van der Waals surface area contributed by atoms with E-state index in [4.69, 9.17) is 17.0 Å². The lowest BCUT2D eigenvalue weighted by atomic mass is 10.1. The summed E-state index contributed by atoms with van der Waals surface area (Å²) in [6.07, 6.45) is -0.264. The molecular weight excluding hydrogens is 483 g/mol. The van der Waals surface area contributed by atoms with Crippen molar-refractivity contribution in [3.63, 3.8) is 0 Å². The maximum Gasteiger partial charge on any atom is 0.258 e. The number of nitrogens with zero attached hydrogens (tertiary/aromatic N) is 2. The third-order valence-corrected chi connectivity index (χ3v) is 5.88. The largest absolute Gasteiger partial charge is 0.497 e. The minimum atomic E-state index is -1.07. The summed E-state index contributed by atoms with van der Waals surface area (Å²) in [4.78, 5) is 40.3. The number of rotatable bonds is 8. The Hall–Kier alpha value is -4.31. The minimum Gasteiger partial charge on any atom is -0.497 e. The Morgan fingerprint density at radius 3 is 2.28 bits per heavy atom. The molecule has 4 rings (SSSR count). The van der Waals surface area contributed by atoms with E-state index in [0.29, 0.717) is 17.1 Å². The maximum atomic E-state index is 13.4. The first-order valence-electron chi connectivity index (χ1n) is 11.1. The first kappa shape index (κ1) is 24.8. The number of nitrogens with one attached hydrogen (secondary N) is 2. The fraction of sp³-hybridized carbons (Fsp3) is 0.154. The number of thiocarbonyl (C=S) groups is 1. The molecule has 0 bridgehead atoms. The molecule has 0 aliphatic carbocycles. The second-order valence-corrected chi connectivity index (χ2v) is 8.36. The van der Waals surface area contributed by atoms with Gasteiger partial charge >= 0.3 is 0 Å². The molecule has 0 saturated carbocycles. The van der Waals surface area contributed by atoms with Gasteiger partial charge < -0.3 is 10.1 Å². The van der Waals surface area contributed by atoms with Gasteiger partial charge in [-0.25, -0.2) is 9.40 Å². The Bertz CT molecular complexity index is 1270. The smallest absolute Gasteiger partial charge is 0.258 e. The second-order valence-electron chi connectivity index (χ2n) is 8.00. The number of hydrazine groups is 1. The standard InChI is InChI=1S/C26H23FN4O4S/c1-35-21-13-7-17(8-14-21)15-24(33)29-31-22(16-23(32)28-19-11-9-18(27)10-12-19)25(34)30(26(31)36)20-5-3-2-4-6-20/h2-14,22H,15-16H2,1H3,(H,28,32)(H,29,33)/t22-/m0/s1. The molecule has 36 heavy (non-hydrogen) atoms. The minimum absolute atomic E-state index is 0.0249. The van der Waals surface area contributed by atoms with Crippen LogP contribution in [0.15, 0.2) is 78.9 Å². The fourth-order valence-corrected chi connectivity index (χ4v) is 4.11. The molecule has 0 spiro atoms. The summed E-state index contributed by atoms with van der Waals surface area (Å²) in [6.45, 7) is 0. The van der Waals surface area contributed by atoms with Gasteiger partial charge in [0, 0.05) is 5.69 Å². The van der Waals surface area contributed by atoms with Crippen LogP contribution in [-0.2, 0) is 20.8 Å². The normalized spacial score (nSPS) is 15.1. The number of para-hydroxylation sites is 1. The van der Waals surface area contributed by atoms with Crippen LogP contribution in [-0.4, -0.2) is 41.0 Å². The Morgan fingerprint density at radius 1 is 0.972 bits per heavy atom. The molecule has 3 aromatic rings. The zero-order valence-corrected chi connectivity index (χ0v) is 20.1. The predicted molar refractivity (Wildman–Crippen MR) is 137 cm³/mol. The molecule has 3 amide bonds. The van der Waals surface area contributed by atoms with Gasteiger partial charge in [0.2, 0.25) is 16.9 Å². The molecule has 0 unspecified atom stereocenters. The number of hydrogen-bond donors (Lipinski definition) is 2. The van der Waals surface area contributed by atoms with E-state index >= 15 is 0 Å². The van der Waals surface area contributed by atoms with Gasteiger partial charge in [-0.05, 0) is 66.3 Å². The van der Waals surface area contributed by atoms with Crippen molar-refractivity contribution in [1.82, 2.24) is 10.4 Å². The molecule has 2 N–H and O–H groups in total. The first-order chi connectivity index (χ1) is 17.4. The number of anilines is 2. The summed E-state index contributed by atoms with van der Waals surface area (Å²) in [5.74, 6) is -1.13. The van der Waals surface area contributed by atoms with E-state index in [1.165, 1.54) is 34.2 Å². The van der Waals surface area contributed by atoms with Crippen LogP contribution in [0.2, 0.25) is 0 Å². The molecule has 1 aliphatic heterocycles. The van der Waals surface area contributed by atoms with Crippen LogP contribution in [0.1, 0.15) is 12.0 Å². The van der Waals surface area contributed by atoms with E-state index in [0.717, 1.165) is 5.56 Å². The van der Waals surface area contributed by atoms with Crippen molar-refractivity contribution < 1.29 is 23.5 Å². The molecule has 3 aromatic carbocycles. The molecule has 10 heteroatoms. The van der Waals surface area contributed by atoms with Gasteiger partial charge in [-0.3, -0.25) is 24.7 Å². The van der Waals surface area contributed by atoms with Crippen LogP contribution in [0.5, 0.6) is 5.75 Å². The Balaban J connectivity index is 1.52. The molecule has 1 heterocycles. The summed E-state index contributed by atoms with van der Waals surface area (Å²) in [7, 11) is 1.55. The van der Waals surface area contributed by atoms with E-state index in [-0.39, 0.29) is 18.0 Å². The van der Waals surface area contributed by atoms with Gasteiger partial charge in [0.25, 0.3) is 5.91 Å². The van der Waals surface area contributed by atoms with Crippen LogP contribution in [0.3, 0.4) is 0 Å². The zero-order chi connectivity index (χ0) is 25.7. The molecule has 1 fully saturated rings. The molecule has 8 nitrogen and oxygen atoms in total. The number of methoxy groups -OCH3 is 1. The Labute approximate surface area is 212 Å². The number of carbonyl (C=O) groups excluding carboxylic acids is 3. The highest BCUT2D eigenvalue weighted by molar-refractivity contribution is 7.80. The Morgan fingerprint density at radius 2 is 1.64 bits per heavy atom. The molecule has 0 aromatic heterocycles. The number of amides is 3. The summed E-state index contributed by atoms with van der Waals surface area (Å²) < 4.78 is 18.3. The zero-order valence-electron chi connectivity index (χ0n) is 19.3. The molecule has 184 valence electrons. The highest BCUT2D eigenvalue weighted by Crippen LogP contribution is 2.26. The molecule has 1 atom stereocenters. The number of benzene rings is 3.